The van der Waals surface area contributed by atoms with E-state index in [0.717, 1.165) is 42.2 Å². The second kappa shape index (κ2) is 8.66. The highest BCUT2D eigenvalue weighted by molar-refractivity contribution is 5.68. The van der Waals surface area contributed by atoms with Gasteiger partial charge in [-0.25, -0.2) is 4.98 Å². The van der Waals surface area contributed by atoms with Crippen LogP contribution in [0.4, 0.5) is 5.82 Å². The molecule has 1 saturated heterocycles. The lowest BCUT2D eigenvalue weighted by atomic mass is 9.97. The van der Waals surface area contributed by atoms with E-state index in [2.05, 4.69) is 56.7 Å². The molecule has 2 N–H and O–H groups in total. The van der Waals surface area contributed by atoms with E-state index in [9.17, 15) is 0 Å². The van der Waals surface area contributed by atoms with Crippen LogP contribution in [0.3, 0.4) is 0 Å². The number of hydrogen-bond donors (Lipinski definition) is 2. The van der Waals surface area contributed by atoms with Crippen LogP contribution < -0.4 is 10.1 Å². The Hall–Kier alpha value is -2.86. The van der Waals surface area contributed by atoms with Crippen LogP contribution in [0.1, 0.15) is 37.4 Å². The van der Waals surface area contributed by atoms with Crippen LogP contribution in [0.2, 0.25) is 0 Å². The van der Waals surface area contributed by atoms with Gasteiger partial charge in [0.1, 0.15) is 11.6 Å². The van der Waals surface area contributed by atoms with E-state index >= 15 is 0 Å². The first-order valence-corrected chi connectivity index (χ1v) is 10.3. The Morgan fingerprint density at radius 1 is 1.28 bits per heavy atom. The summed E-state index contributed by atoms with van der Waals surface area (Å²) in [5, 5.41) is 11.0. The van der Waals surface area contributed by atoms with Crippen molar-refractivity contribution in [3.63, 3.8) is 0 Å². The molecule has 6 heteroatoms. The number of nitrogens with zero attached hydrogens (tertiary/aromatic N) is 3. The van der Waals surface area contributed by atoms with Crippen molar-refractivity contribution < 1.29 is 4.74 Å². The molecule has 1 aliphatic rings. The maximum Gasteiger partial charge on any atom is 0.126 e. The first kappa shape index (κ1) is 19.5. The second-order valence-corrected chi connectivity index (χ2v) is 8.04. The Morgan fingerprint density at radius 3 is 2.97 bits per heavy atom. The van der Waals surface area contributed by atoms with Crippen molar-refractivity contribution in [3.05, 3.63) is 60.0 Å². The average molecular weight is 392 g/mol. The van der Waals surface area contributed by atoms with Crippen molar-refractivity contribution in [2.24, 2.45) is 0 Å². The zero-order valence-electron chi connectivity index (χ0n) is 17.4. The number of likely N-dealkylation sites (N-methyl/N-ethyl adjacent to an activating group) is 1. The van der Waals surface area contributed by atoms with Gasteiger partial charge >= 0.3 is 0 Å². The van der Waals surface area contributed by atoms with Gasteiger partial charge in [0.25, 0.3) is 0 Å². The molecule has 29 heavy (non-hydrogen) atoms. The maximum atomic E-state index is 5.79. The van der Waals surface area contributed by atoms with Crippen LogP contribution in [0.25, 0.3) is 11.1 Å². The van der Waals surface area contributed by atoms with Gasteiger partial charge in [-0.2, -0.15) is 5.10 Å². The van der Waals surface area contributed by atoms with Crippen molar-refractivity contribution >= 4 is 5.82 Å². The fourth-order valence-electron chi connectivity index (χ4n) is 3.90. The summed E-state index contributed by atoms with van der Waals surface area (Å²) in [7, 11) is 2.17. The van der Waals surface area contributed by atoms with Crippen molar-refractivity contribution in [3.8, 4) is 16.9 Å². The summed E-state index contributed by atoms with van der Waals surface area (Å²) in [6.45, 7) is 6.96. The Labute approximate surface area is 172 Å². The molecule has 1 atom stereocenters. The third-order valence-electron chi connectivity index (χ3n) is 5.28. The monoisotopic (exact) mass is 391 g/mol. The minimum absolute atomic E-state index is 0.167. The molecule has 0 aliphatic carbocycles. The SMILES string of the molecule is CC(C)Oc1cccc(CNc2cc(-c3cn[nH]c3[C@H]3CCN(C)C3)ccn2)c1. The van der Waals surface area contributed by atoms with E-state index in [4.69, 9.17) is 4.74 Å². The molecule has 152 valence electrons. The Morgan fingerprint density at radius 2 is 2.17 bits per heavy atom. The highest BCUT2D eigenvalue weighted by Gasteiger charge is 2.25. The van der Waals surface area contributed by atoms with Gasteiger partial charge < -0.3 is 15.0 Å². The summed E-state index contributed by atoms with van der Waals surface area (Å²) >= 11 is 0. The number of likely N-dealkylation sites (tertiary alicyclic amines) is 1. The maximum absolute atomic E-state index is 5.79. The lowest BCUT2D eigenvalue weighted by Crippen LogP contribution is -2.13. The number of rotatable bonds is 7. The van der Waals surface area contributed by atoms with Gasteiger partial charge in [-0.15, -0.1) is 0 Å². The van der Waals surface area contributed by atoms with Gasteiger partial charge in [0.15, 0.2) is 0 Å². The number of nitrogens with one attached hydrogen (secondary N) is 2. The van der Waals surface area contributed by atoms with Crippen LogP contribution in [-0.4, -0.2) is 46.3 Å². The molecular weight excluding hydrogens is 362 g/mol. The summed E-state index contributed by atoms with van der Waals surface area (Å²) in [4.78, 5) is 6.86. The number of ether oxygens (including phenoxy) is 1. The van der Waals surface area contributed by atoms with E-state index in [0.29, 0.717) is 12.5 Å². The van der Waals surface area contributed by atoms with Crippen molar-refractivity contribution in [2.45, 2.75) is 38.8 Å². The molecule has 1 fully saturated rings. The fraction of sp³-hybridized carbons (Fsp3) is 0.391. The first-order valence-electron chi connectivity index (χ1n) is 10.3. The van der Waals surface area contributed by atoms with Crippen LogP contribution in [0, 0.1) is 0 Å². The largest absolute Gasteiger partial charge is 0.491 e. The van der Waals surface area contributed by atoms with E-state index < -0.39 is 0 Å². The molecule has 3 heterocycles. The standard InChI is InChI=1S/C23H29N5O/c1-16(2)29-20-6-4-5-17(11-20)13-25-22-12-18(7-9-24-22)21-14-26-27-23(21)19-8-10-28(3)15-19/h4-7,9,11-12,14,16,19H,8,10,13,15H2,1-3H3,(H,24,25)(H,26,27)/t19-/m0/s1. The molecule has 0 radical (unpaired) electrons. The summed E-state index contributed by atoms with van der Waals surface area (Å²) in [6.07, 6.45) is 5.12. The minimum Gasteiger partial charge on any atom is -0.491 e. The highest BCUT2D eigenvalue weighted by Crippen LogP contribution is 2.33. The van der Waals surface area contributed by atoms with Gasteiger partial charge in [0.05, 0.1) is 12.3 Å². The summed E-state index contributed by atoms with van der Waals surface area (Å²) in [6, 6.07) is 12.3. The number of hydrogen-bond acceptors (Lipinski definition) is 5. The predicted molar refractivity (Wildman–Crippen MR) is 116 cm³/mol. The Balaban J connectivity index is 1.47. The molecule has 6 nitrogen and oxygen atoms in total. The lowest BCUT2D eigenvalue weighted by Gasteiger charge is -2.13. The molecule has 0 spiro atoms. The van der Waals surface area contributed by atoms with Gasteiger partial charge in [-0.1, -0.05) is 12.1 Å². The fourth-order valence-corrected chi connectivity index (χ4v) is 3.90. The Bertz CT molecular complexity index is 952. The second-order valence-electron chi connectivity index (χ2n) is 8.04. The molecule has 0 saturated carbocycles. The number of aromatic nitrogens is 3. The van der Waals surface area contributed by atoms with Crippen LogP contribution >= 0.6 is 0 Å². The van der Waals surface area contributed by atoms with Gasteiger partial charge in [0.2, 0.25) is 0 Å². The van der Waals surface area contributed by atoms with E-state index in [-0.39, 0.29) is 6.10 Å². The smallest absolute Gasteiger partial charge is 0.126 e. The van der Waals surface area contributed by atoms with E-state index in [1.807, 2.05) is 38.4 Å². The normalized spacial score (nSPS) is 17.0. The molecule has 4 rings (SSSR count). The summed E-state index contributed by atoms with van der Waals surface area (Å²) in [5.41, 5.74) is 4.69. The topological polar surface area (TPSA) is 66.1 Å². The van der Waals surface area contributed by atoms with E-state index in [1.54, 1.807) is 0 Å². The number of H-pyrrole nitrogens is 1. The zero-order valence-corrected chi connectivity index (χ0v) is 17.4. The quantitative estimate of drug-likeness (QED) is 0.629. The third-order valence-corrected chi connectivity index (χ3v) is 5.28. The number of pyridine rings is 1. The predicted octanol–water partition coefficient (Wildman–Crippen LogP) is 4.29. The minimum atomic E-state index is 0.167. The molecule has 3 aromatic rings. The molecular formula is C23H29N5O. The van der Waals surface area contributed by atoms with E-state index in [1.165, 1.54) is 11.3 Å². The van der Waals surface area contributed by atoms with Crippen LogP contribution in [-0.2, 0) is 6.54 Å². The summed E-state index contributed by atoms with van der Waals surface area (Å²) < 4.78 is 5.79. The Kier molecular flexibility index (Phi) is 5.81. The van der Waals surface area contributed by atoms with Crippen molar-refractivity contribution in [1.29, 1.82) is 0 Å². The highest BCUT2D eigenvalue weighted by atomic mass is 16.5. The third kappa shape index (κ3) is 4.77. The van der Waals surface area contributed by atoms with Gasteiger partial charge in [-0.3, -0.25) is 5.10 Å². The molecule has 0 unspecified atom stereocenters. The van der Waals surface area contributed by atoms with Crippen LogP contribution in [0.15, 0.2) is 48.8 Å². The zero-order chi connectivity index (χ0) is 20.2. The number of benzene rings is 1. The van der Waals surface area contributed by atoms with Gasteiger partial charge in [-0.05, 0) is 69.3 Å². The van der Waals surface area contributed by atoms with Crippen LogP contribution in [0.5, 0.6) is 5.75 Å². The van der Waals surface area contributed by atoms with Gasteiger partial charge in [0, 0.05) is 36.5 Å². The van der Waals surface area contributed by atoms with Crippen molar-refractivity contribution in [1.82, 2.24) is 20.1 Å². The average Bonchev–Trinajstić information content (AvgIpc) is 3.35. The first-order chi connectivity index (χ1) is 14.1. The molecule has 1 aromatic carbocycles. The molecule has 0 amide bonds. The number of aromatic amines is 1. The lowest BCUT2D eigenvalue weighted by molar-refractivity contribution is 0.242. The van der Waals surface area contributed by atoms with Crippen molar-refractivity contribution in [2.75, 3.05) is 25.5 Å². The summed E-state index contributed by atoms with van der Waals surface area (Å²) in [5.74, 6) is 2.25. The number of anilines is 1. The molecule has 1 aliphatic heterocycles. The molecule has 0 bridgehead atoms. The molecule has 2 aromatic heterocycles.